The Hall–Kier alpha value is -2.74. The molecule has 0 aliphatic heterocycles. The number of aromatic hydroxyl groups is 1. The summed E-state index contributed by atoms with van der Waals surface area (Å²) in [5.74, 6) is 0.349. The Bertz CT molecular complexity index is 689. The van der Waals surface area contributed by atoms with Crippen LogP contribution in [0.5, 0.6) is 5.75 Å². The van der Waals surface area contributed by atoms with Gasteiger partial charge in [-0.3, -0.25) is 0 Å². The van der Waals surface area contributed by atoms with E-state index in [2.05, 4.69) is 24.3 Å². The first-order valence-electron chi connectivity index (χ1n) is 7.40. The monoisotopic (exact) mass is 289 g/mol. The molecule has 2 nitrogen and oxygen atoms in total. The number of phenols is 1. The second-order valence-electron chi connectivity index (χ2n) is 5.51. The SMILES string of the molecule is Nc1cc(Cc2ccccc2)c(O)c(Cc2ccccc2)c1. The topological polar surface area (TPSA) is 46.2 Å². The highest BCUT2D eigenvalue weighted by Crippen LogP contribution is 2.29. The number of phenolic OH excluding ortho intramolecular Hbond substituents is 1. The van der Waals surface area contributed by atoms with E-state index in [0.717, 1.165) is 22.3 Å². The highest BCUT2D eigenvalue weighted by atomic mass is 16.3. The number of anilines is 1. The molecule has 0 spiro atoms. The molecule has 0 radical (unpaired) electrons. The van der Waals surface area contributed by atoms with E-state index >= 15 is 0 Å². The molecule has 22 heavy (non-hydrogen) atoms. The quantitative estimate of drug-likeness (QED) is 0.559. The lowest BCUT2D eigenvalue weighted by Crippen LogP contribution is -1.98. The van der Waals surface area contributed by atoms with Crippen molar-refractivity contribution < 1.29 is 5.11 Å². The highest BCUT2D eigenvalue weighted by Gasteiger charge is 2.10. The van der Waals surface area contributed by atoms with Crippen LogP contribution in [-0.2, 0) is 12.8 Å². The third-order valence-electron chi connectivity index (χ3n) is 3.76. The lowest BCUT2D eigenvalue weighted by Gasteiger charge is -2.12. The Morgan fingerprint density at radius 1 is 0.682 bits per heavy atom. The maximum atomic E-state index is 10.6. The van der Waals surface area contributed by atoms with Gasteiger partial charge in [-0.25, -0.2) is 0 Å². The van der Waals surface area contributed by atoms with Gasteiger partial charge in [0, 0.05) is 29.7 Å². The number of benzene rings is 3. The van der Waals surface area contributed by atoms with E-state index in [1.807, 2.05) is 48.5 Å². The lowest BCUT2D eigenvalue weighted by molar-refractivity contribution is 0.463. The third-order valence-corrected chi connectivity index (χ3v) is 3.76. The minimum atomic E-state index is 0.349. The number of nitrogens with two attached hydrogens (primary N) is 1. The molecule has 0 aromatic heterocycles. The molecule has 0 saturated carbocycles. The van der Waals surface area contributed by atoms with Gasteiger partial charge in [-0.05, 0) is 23.3 Å². The second kappa shape index (κ2) is 6.35. The first-order valence-corrected chi connectivity index (χ1v) is 7.40. The number of nitrogen functional groups attached to an aromatic ring is 1. The van der Waals surface area contributed by atoms with Gasteiger partial charge < -0.3 is 10.8 Å². The Kier molecular flexibility index (Phi) is 4.10. The molecular formula is C20H19NO. The van der Waals surface area contributed by atoms with Crippen molar-refractivity contribution in [3.05, 3.63) is 95.1 Å². The molecule has 0 heterocycles. The van der Waals surface area contributed by atoms with E-state index in [1.54, 1.807) is 0 Å². The summed E-state index contributed by atoms with van der Waals surface area (Å²) in [6.07, 6.45) is 1.36. The smallest absolute Gasteiger partial charge is 0.122 e. The lowest BCUT2D eigenvalue weighted by atomic mass is 9.97. The molecule has 3 N–H and O–H groups in total. The third kappa shape index (κ3) is 3.29. The second-order valence-corrected chi connectivity index (χ2v) is 5.51. The van der Waals surface area contributed by atoms with Crippen LogP contribution < -0.4 is 5.73 Å². The van der Waals surface area contributed by atoms with Crippen molar-refractivity contribution >= 4 is 5.69 Å². The van der Waals surface area contributed by atoms with Crippen LogP contribution >= 0.6 is 0 Å². The molecule has 0 unspecified atom stereocenters. The van der Waals surface area contributed by atoms with E-state index in [9.17, 15) is 5.11 Å². The molecular weight excluding hydrogens is 270 g/mol. The maximum Gasteiger partial charge on any atom is 0.122 e. The average Bonchev–Trinajstić information content (AvgIpc) is 2.54. The zero-order valence-electron chi connectivity index (χ0n) is 12.4. The molecule has 2 heteroatoms. The first kappa shape index (κ1) is 14.2. The fourth-order valence-electron chi connectivity index (χ4n) is 2.69. The van der Waals surface area contributed by atoms with E-state index in [4.69, 9.17) is 5.73 Å². The van der Waals surface area contributed by atoms with Gasteiger partial charge in [-0.15, -0.1) is 0 Å². The van der Waals surface area contributed by atoms with Crippen LogP contribution in [0.4, 0.5) is 5.69 Å². The fourth-order valence-corrected chi connectivity index (χ4v) is 2.69. The van der Waals surface area contributed by atoms with Crippen molar-refractivity contribution in [2.75, 3.05) is 5.73 Å². The largest absolute Gasteiger partial charge is 0.507 e. The van der Waals surface area contributed by atoms with Crippen LogP contribution in [-0.4, -0.2) is 5.11 Å². The van der Waals surface area contributed by atoms with Crippen LogP contribution in [0, 0.1) is 0 Å². The van der Waals surface area contributed by atoms with Gasteiger partial charge in [-0.2, -0.15) is 0 Å². The van der Waals surface area contributed by atoms with Crippen LogP contribution in [0.15, 0.2) is 72.8 Å². The van der Waals surface area contributed by atoms with Gasteiger partial charge in [0.15, 0.2) is 0 Å². The van der Waals surface area contributed by atoms with Crippen LogP contribution in [0.1, 0.15) is 22.3 Å². The summed E-state index contributed by atoms with van der Waals surface area (Å²) in [4.78, 5) is 0. The van der Waals surface area contributed by atoms with Crippen LogP contribution in [0.2, 0.25) is 0 Å². The van der Waals surface area contributed by atoms with Crippen molar-refractivity contribution in [1.82, 2.24) is 0 Å². The molecule has 0 aliphatic rings. The number of rotatable bonds is 4. The maximum absolute atomic E-state index is 10.6. The van der Waals surface area contributed by atoms with Crippen molar-refractivity contribution in [3.8, 4) is 5.75 Å². The molecule has 110 valence electrons. The van der Waals surface area contributed by atoms with E-state index < -0.39 is 0 Å². The molecule has 0 bridgehead atoms. The summed E-state index contributed by atoms with van der Waals surface area (Å²) in [5, 5.41) is 10.6. The van der Waals surface area contributed by atoms with E-state index in [0.29, 0.717) is 24.3 Å². The zero-order valence-corrected chi connectivity index (χ0v) is 12.4. The number of hydrogen-bond acceptors (Lipinski definition) is 2. The predicted octanol–water partition coefficient (Wildman–Crippen LogP) is 4.16. The molecule has 0 fully saturated rings. The van der Waals surface area contributed by atoms with Gasteiger partial charge in [0.05, 0.1) is 0 Å². The summed E-state index contributed by atoms with van der Waals surface area (Å²) < 4.78 is 0. The molecule has 0 saturated heterocycles. The van der Waals surface area contributed by atoms with Gasteiger partial charge in [-0.1, -0.05) is 60.7 Å². The molecule has 0 aliphatic carbocycles. The molecule has 3 rings (SSSR count). The predicted molar refractivity (Wildman–Crippen MR) is 91.0 cm³/mol. The highest BCUT2D eigenvalue weighted by molar-refractivity contribution is 5.55. The van der Waals surface area contributed by atoms with Gasteiger partial charge in [0.25, 0.3) is 0 Å². The van der Waals surface area contributed by atoms with Crippen molar-refractivity contribution in [1.29, 1.82) is 0 Å². The van der Waals surface area contributed by atoms with Crippen molar-refractivity contribution in [3.63, 3.8) is 0 Å². The number of hydrogen-bond donors (Lipinski definition) is 2. The minimum Gasteiger partial charge on any atom is -0.507 e. The summed E-state index contributed by atoms with van der Waals surface area (Å²) in [5.41, 5.74) is 10.8. The normalized spacial score (nSPS) is 10.5. The molecule has 0 amide bonds. The Morgan fingerprint density at radius 3 is 1.50 bits per heavy atom. The Labute approximate surface area is 130 Å². The molecule has 3 aromatic carbocycles. The average molecular weight is 289 g/mol. The van der Waals surface area contributed by atoms with Gasteiger partial charge in [0.2, 0.25) is 0 Å². The van der Waals surface area contributed by atoms with E-state index in [-0.39, 0.29) is 0 Å². The Morgan fingerprint density at radius 2 is 1.09 bits per heavy atom. The summed E-state index contributed by atoms with van der Waals surface area (Å²) >= 11 is 0. The minimum absolute atomic E-state index is 0.349. The van der Waals surface area contributed by atoms with Crippen molar-refractivity contribution in [2.45, 2.75) is 12.8 Å². The van der Waals surface area contributed by atoms with E-state index in [1.165, 1.54) is 0 Å². The van der Waals surface area contributed by atoms with Gasteiger partial charge in [0.1, 0.15) is 5.75 Å². The standard InChI is InChI=1S/C20H19NO/c21-19-13-17(11-15-7-3-1-4-8-15)20(22)18(14-19)12-16-9-5-2-6-10-16/h1-10,13-14,22H,11-12,21H2. The summed E-state index contributed by atoms with van der Waals surface area (Å²) in [6.45, 7) is 0. The molecule has 3 aromatic rings. The molecule has 0 atom stereocenters. The van der Waals surface area contributed by atoms with Crippen molar-refractivity contribution in [2.24, 2.45) is 0 Å². The van der Waals surface area contributed by atoms with Gasteiger partial charge >= 0.3 is 0 Å². The fraction of sp³-hybridized carbons (Fsp3) is 0.100. The first-order chi connectivity index (χ1) is 10.7. The van der Waals surface area contributed by atoms with Crippen LogP contribution in [0.3, 0.4) is 0 Å². The summed E-state index contributed by atoms with van der Waals surface area (Å²) in [6, 6.07) is 23.9. The van der Waals surface area contributed by atoms with Crippen LogP contribution in [0.25, 0.3) is 0 Å². The Balaban J connectivity index is 1.92. The summed E-state index contributed by atoms with van der Waals surface area (Å²) in [7, 11) is 0. The zero-order chi connectivity index (χ0) is 15.4.